The van der Waals surface area contributed by atoms with Crippen molar-refractivity contribution in [2.75, 3.05) is 17.2 Å². The number of hydrogen-bond acceptors (Lipinski definition) is 5. The SMILES string of the molecule is CC(=O)NC(CNc1ncc(-c2ccc3c(c2)CC(=O)N3)s1)Cc1ccc(C(F)(F)F)cc1. The molecular formula is C23H21F3N4O2S. The number of rotatable bonds is 7. The van der Waals surface area contributed by atoms with Crippen LogP contribution in [-0.4, -0.2) is 29.4 Å². The Bertz CT molecular complexity index is 1180. The third-order valence-electron chi connectivity index (χ3n) is 5.19. The van der Waals surface area contributed by atoms with Gasteiger partial charge >= 0.3 is 6.18 Å². The summed E-state index contributed by atoms with van der Waals surface area (Å²) < 4.78 is 38.3. The maximum Gasteiger partial charge on any atom is 0.416 e. The van der Waals surface area contributed by atoms with Gasteiger partial charge in [0, 0.05) is 25.4 Å². The summed E-state index contributed by atoms with van der Waals surface area (Å²) in [6.07, 6.45) is -1.92. The van der Waals surface area contributed by atoms with Gasteiger partial charge in [0.2, 0.25) is 11.8 Å². The zero-order valence-electron chi connectivity index (χ0n) is 17.6. The van der Waals surface area contributed by atoms with Crippen LogP contribution in [0, 0.1) is 0 Å². The van der Waals surface area contributed by atoms with Gasteiger partial charge in [-0.05, 0) is 47.4 Å². The number of nitrogens with zero attached hydrogens (tertiary/aromatic N) is 1. The number of benzene rings is 2. The minimum atomic E-state index is -4.38. The van der Waals surface area contributed by atoms with E-state index in [2.05, 4.69) is 20.9 Å². The van der Waals surface area contributed by atoms with Crippen LogP contribution in [0.1, 0.15) is 23.6 Å². The molecule has 0 spiro atoms. The quantitative estimate of drug-likeness (QED) is 0.472. The van der Waals surface area contributed by atoms with Gasteiger partial charge in [-0.2, -0.15) is 13.2 Å². The molecule has 1 unspecified atom stereocenters. The Kier molecular flexibility index (Phi) is 6.37. The van der Waals surface area contributed by atoms with E-state index in [0.29, 0.717) is 30.1 Å². The monoisotopic (exact) mass is 474 g/mol. The number of alkyl halides is 3. The van der Waals surface area contributed by atoms with Crippen molar-refractivity contribution in [3.05, 3.63) is 65.4 Å². The smallest absolute Gasteiger partial charge is 0.359 e. The Hall–Kier alpha value is -3.40. The molecule has 10 heteroatoms. The number of aromatic nitrogens is 1. The van der Waals surface area contributed by atoms with E-state index in [1.54, 1.807) is 6.20 Å². The van der Waals surface area contributed by atoms with Crippen LogP contribution in [0.2, 0.25) is 0 Å². The van der Waals surface area contributed by atoms with Gasteiger partial charge in [-0.25, -0.2) is 4.98 Å². The summed E-state index contributed by atoms with van der Waals surface area (Å²) in [4.78, 5) is 28.5. The molecule has 2 amide bonds. The van der Waals surface area contributed by atoms with Crippen molar-refractivity contribution >= 4 is 34.0 Å². The van der Waals surface area contributed by atoms with Gasteiger partial charge in [0.1, 0.15) is 0 Å². The molecule has 0 fully saturated rings. The third kappa shape index (κ3) is 5.70. The Morgan fingerprint density at radius 1 is 1.21 bits per heavy atom. The van der Waals surface area contributed by atoms with Gasteiger partial charge in [0.15, 0.2) is 5.13 Å². The van der Waals surface area contributed by atoms with E-state index in [1.165, 1.54) is 30.4 Å². The average molecular weight is 475 g/mol. The number of nitrogens with one attached hydrogen (secondary N) is 3. The van der Waals surface area contributed by atoms with Crippen LogP contribution in [0.5, 0.6) is 0 Å². The lowest BCUT2D eigenvalue weighted by atomic mass is 10.0. The van der Waals surface area contributed by atoms with E-state index < -0.39 is 11.7 Å². The molecule has 0 aliphatic carbocycles. The normalized spacial score (nSPS) is 13.9. The van der Waals surface area contributed by atoms with Crippen molar-refractivity contribution in [1.29, 1.82) is 0 Å². The molecule has 33 heavy (non-hydrogen) atoms. The first-order valence-electron chi connectivity index (χ1n) is 10.2. The van der Waals surface area contributed by atoms with Crippen LogP contribution < -0.4 is 16.0 Å². The van der Waals surface area contributed by atoms with Crippen molar-refractivity contribution in [2.45, 2.75) is 32.0 Å². The third-order valence-corrected chi connectivity index (χ3v) is 6.20. The van der Waals surface area contributed by atoms with Crippen molar-refractivity contribution in [3.8, 4) is 10.4 Å². The highest BCUT2D eigenvalue weighted by molar-refractivity contribution is 7.18. The fourth-order valence-electron chi connectivity index (χ4n) is 3.66. The largest absolute Gasteiger partial charge is 0.416 e. The van der Waals surface area contributed by atoms with E-state index in [9.17, 15) is 22.8 Å². The second-order valence-electron chi connectivity index (χ2n) is 7.80. The van der Waals surface area contributed by atoms with Gasteiger partial charge in [-0.1, -0.05) is 29.5 Å². The molecule has 2 heterocycles. The second-order valence-corrected chi connectivity index (χ2v) is 8.83. The summed E-state index contributed by atoms with van der Waals surface area (Å²) in [5, 5.41) is 9.49. The van der Waals surface area contributed by atoms with Crippen molar-refractivity contribution in [2.24, 2.45) is 0 Å². The lowest BCUT2D eigenvalue weighted by molar-refractivity contribution is -0.137. The highest BCUT2D eigenvalue weighted by Gasteiger charge is 2.30. The van der Waals surface area contributed by atoms with Gasteiger partial charge in [0.25, 0.3) is 0 Å². The summed E-state index contributed by atoms with van der Waals surface area (Å²) in [6.45, 7) is 1.75. The molecular weight excluding hydrogens is 453 g/mol. The molecule has 0 radical (unpaired) electrons. The summed E-state index contributed by atoms with van der Waals surface area (Å²) in [5.41, 5.74) is 2.71. The Morgan fingerprint density at radius 2 is 1.97 bits per heavy atom. The molecule has 172 valence electrons. The highest BCUT2D eigenvalue weighted by atomic mass is 32.1. The van der Waals surface area contributed by atoms with Gasteiger partial charge < -0.3 is 16.0 Å². The fourth-order valence-corrected chi connectivity index (χ4v) is 4.48. The molecule has 6 nitrogen and oxygen atoms in total. The molecule has 1 aliphatic heterocycles. The molecule has 1 atom stereocenters. The summed E-state index contributed by atoms with van der Waals surface area (Å²) in [5.74, 6) is -0.249. The molecule has 0 saturated heterocycles. The number of carbonyl (C=O) groups is 2. The van der Waals surface area contributed by atoms with Crippen LogP contribution in [0.25, 0.3) is 10.4 Å². The second kappa shape index (κ2) is 9.22. The number of anilines is 2. The first-order valence-corrected chi connectivity index (χ1v) is 11.0. The van der Waals surface area contributed by atoms with E-state index in [1.807, 2.05) is 18.2 Å². The Labute approximate surface area is 192 Å². The maximum absolute atomic E-state index is 12.8. The molecule has 2 aromatic carbocycles. The average Bonchev–Trinajstić information content (AvgIpc) is 3.36. The summed E-state index contributed by atoms with van der Waals surface area (Å²) in [7, 11) is 0. The van der Waals surface area contributed by atoms with Crippen molar-refractivity contribution in [3.63, 3.8) is 0 Å². The fraction of sp³-hybridized carbons (Fsp3) is 0.261. The zero-order chi connectivity index (χ0) is 23.6. The number of carbonyl (C=O) groups excluding carboxylic acids is 2. The van der Waals surface area contributed by atoms with E-state index >= 15 is 0 Å². The minimum absolute atomic E-state index is 0.0223. The van der Waals surface area contributed by atoms with Crippen molar-refractivity contribution < 1.29 is 22.8 Å². The Balaban J connectivity index is 1.41. The number of halogens is 3. The van der Waals surface area contributed by atoms with Gasteiger partial charge in [-0.3, -0.25) is 9.59 Å². The van der Waals surface area contributed by atoms with Crippen LogP contribution in [0.3, 0.4) is 0 Å². The standard InChI is InChI=1S/C23H21F3N4O2S/c1-13(31)29-18(8-14-2-5-17(6-3-14)23(24,25)26)11-27-22-28-12-20(33-22)15-4-7-19-16(9-15)10-21(32)30-19/h2-7,9,12,18H,8,10-11H2,1H3,(H,27,28)(H,29,31)(H,30,32). The van der Waals surface area contributed by atoms with Crippen molar-refractivity contribution in [1.82, 2.24) is 10.3 Å². The predicted octanol–water partition coefficient (Wildman–Crippen LogP) is 4.48. The number of thiazole rings is 1. The van der Waals surface area contributed by atoms with Crippen LogP contribution in [0.4, 0.5) is 24.0 Å². The lowest BCUT2D eigenvalue weighted by Gasteiger charge is -2.19. The summed E-state index contributed by atoms with van der Waals surface area (Å²) >= 11 is 1.44. The molecule has 4 rings (SSSR count). The minimum Gasteiger partial charge on any atom is -0.359 e. The first kappa shape index (κ1) is 22.8. The number of amides is 2. The molecule has 3 aromatic rings. The van der Waals surface area contributed by atoms with Crippen LogP contribution in [0.15, 0.2) is 48.7 Å². The lowest BCUT2D eigenvalue weighted by Crippen LogP contribution is -2.40. The van der Waals surface area contributed by atoms with Crippen LogP contribution >= 0.6 is 11.3 Å². The summed E-state index contributed by atoms with van der Waals surface area (Å²) in [6, 6.07) is 10.4. The Morgan fingerprint density at radius 3 is 2.67 bits per heavy atom. The van der Waals surface area contributed by atoms with Crippen LogP contribution in [-0.2, 0) is 28.6 Å². The van der Waals surface area contributed by atoms with E-state index in [4.69, 9.17) is 0 Å². The highest BCUT2D eigenvalue weighted by Crippen LogP contribution is 2.33. The first-order chi connectivity index (χ1) is 15.7. The van der Waals surface area contributed by atoms with E-state index in [-0.39, 0.29) is 17.9 Å². The van der Waals surface area contributed by atoms with E-state index in [0.717, 1.165) is 33.8 Å². The zero-order valence-corrected chi connectivity index (χ0v) is 18.4. The molecule has 1 aliphatic rings. The molecule has 3 N–H and O–H groups in total. The maximum atomic E-state index is 12.8. The topological polar surface area (TPSA) is 83.1 Å². The number of fused-ring (bicyclic) bond motifs is 1. The van der Waals surface area contributed by atoms with Gasteiger partial charge in [0.05, 0.1) is 22.9 Å². The van der Waals surface area contributed by atoms with Gasteiger partial charge in [-0.15, -0.1) is 0 Å². The predicted molar refractivity (Wildman–Crippen MR) is 121 cm³/mol. The molecule has 1 aromatic heterocycles. The number of hydrogen-bond donors (Lipinski definition) is 3. The molecule has 0 saturated carbocycles. The molecule has 0 bridgehead atoms.